The Morgan fingerprint density at radius 1 is 1.33 bits per heavy atom. The van der Waals surface area contributed by atoms with Crippen molar-refractivity contribution in [3.05, 3.63) is 47.2 Å². The van der Waals surface area contributed by atoms with E-state index in [4.69, 9.17) is 16.3 Å². The monoisotopic (exact) mass is 266 g/mol. The normalized spacial score (nSPS) is 11.1. The molecular weight excluding hydrogens is 252 g/mol. The van der Waals surface area contributed by atoms with Crippen LogP contribution in [0.25, 0.3) is 0 Å². The lowest BCUT2D eigenvalue weighted by atomic mass is 10.0. The van der Waals surface area contributed by atoms with Crippen molar-refractivity contribution in [3.63, 3.8) is 0 Å². The summed E-state index contributed by atoms with van der Waals surface area (Å²) in [5, 5.41) is 0.288. The standard InChI is InChI=1S/C14H15ClO3/c1-6-7-12(8-10(2)15)11(3)13(9-17-4)14(16)18-5/h8-9H,2-3H2,1,4-5H3/b12-8-,13-9+. The maximum Gasteiger partial charge on any atom is 0.341 e. The highest BCUT2D eigenvalue weighted by Gasteiger charge is 2.16. The van der Waals surface area contributed by atoms with Crippen molar-refractivity contribution in [1.82, 2.24) is 0 Å². The zero-order chi connectivity index (χ0) is 14.1. The third-order valence-electron chi connectivity index (χ3n) is 1.85. The van der Waals surface area contributed by atoms with Gasteiger partial charge >= 0.3 is 5.97 Å². The second kappa shape index (κ2) is 8.21. The molecule has 4 heteroatoms. The molecule has 0 fully saturated rings. The number of carbonyl (C=O) groups is 1. The number of halogens is 1. The van der Waals surface area contributed by atoms with E-state index in [9.17, 15) is 4.79 Å². The van der Waals surface area contributed by atoms with E-state index < -0.39 is 5.97 Å². The number of rotatable bonds is 5. The zero-order valence-corrected chi connectivity index (χ0v) is 11.4. The molecule has 0 aromatic heterocycles. The van der Waals surface area contributed by atoms with Gasteiger partial charge in [0.25, 0.3) is 0 Å². The van der Waals surface area contributed by atoms with Gasteiger partial charge < -0.3 is 9.47 Å². The van der Waals surface area contributed by atoms with E-state index in [1.54, 1.807) is 6.92 Å². The summed E-state index contributed by atoms with van der Waals surface area (Å²) in [5.74, 6) is 4.94. The van der Waals surface area contributed by atoms with Crippen LogP contribution >= 0.6 is 11.6 Å². The lowest BCUT2D eigenvalue weighted by Gasteiger charge is -2.08. The smallest absolute Gasteiger partial charge is 0.341 e. The number of methoxy groups -OCH3 is 2. The Morgan fingerprint density at radius 3 is 2.33 bits per heavy atom. The van der Waals surface area contributed by atoms with Crippen LogP contribution < -0.4 is 0 Å². The maximum atomic E-state index is 11.6. The van der Waals surface area contributed by atoms with E-state index in [2.05, 4.69) is 29.7 Å². The van der Waals surface area contributed by atoms with E-state index in [1.807, 2.05) is 0 Å². The lowest BCUT2D eigenvalue weighted by molar-refractivity contribution is -0.135. The summed E-state index contributed by atoms with van der Waals surface area (Å²) in [6.07, 6.45) is 2.77. The highest BCUT2D eigenvalue weighted by Crippen LogP contribution is 2.20. The first-order chi connectivity index (χ1) is 8.47. The number of hydrogen-bond donors (Lipinski definition) is 0. The summed E-state index contributed by atoms with van der Waals surface area (Å²) in [6.45, 7) is 9.00. The Balaban J connectivity index is 5.53. The fraction of sp³-hybridized carbons (Fsp3) is 0.214. The summed E-state index contributed by atoms with van der Waals surface area (Å²) in [4.78, 5) is 11.6. The molecule has 0 bridgehead atoms. The molecule has 96 valence electrons. The van der Waals surface area contributed by atoms with Gasteiger partial charge in [-0.1, -0.05) is 30.7 Å². The third-order valence-corrected chi connectivity index (χ3v) is 1.96. The van der Waals surface area contributed by atoms with Crippen LogP contribution in [0.4, 0.5) is 0 Å². The molecule has 0 spiro atoms. The Bertz CT molecular complexity index is 473. The van der Waals surface area contributed by atoms with Gasteiger partial charge in [0.1, 0.15) is 5.57 Å². The lowest BCUT2D eigenvalue weighted by Crippen LogP contribution is -2.08. The van der Waals surface area contributed by atoms with Crippen molar-refractivity contribution in [2.75, 3.05) is 14.2 Å². The van der Waals surface area contributed by atoms with Crippen LogP contribution in [0.1, 0.15) is 6.92 Å². The van der Waals surface area contributed by atoms with Crippen LogP contribution in [0, 0.1) is 11.8 Å². The Morgan fingerprint density at radius 2 is 1.94 bits per heavy atom. The van der Waals surface area contributed by atoms with Gasteiger partial charge in [-0.05, 0) is 13.0 Å². The van der Waals surface area contributed by atoms with Crippen LogP contribution in [0.5, 0.6) is 0 Å². The summed E-state index contributed by atoms with van der Waals surface area (Å²) >= 11 is 5.70. The van der Waals surface area contributed by atoms with Crippen LogP contribution in [0.15, 0.2) is 47.2 Å². The van der Waals surface area contributed by atoms with Gasteiger partial charge in [-0.3, -0.25) is 0 Å². The van der Waals surface area contributed by atoms with Gasteiger partial charge in [0.15, 0.2) is 0 Å². The molecule has 0 amide bonds. The van der Waals surface area contributed by atoms with E-state index >= 15 is 0 Å². The van der Waals surface area contributed by atoms with Crippen LogP contribution in [-0.2, 0) is 14.3 Å². The average Bonchev–Trinajstić information content (AvgIpc) is 2.33. The molecule has 0 aliphatic heterocycles. The molecule has 0 aliphatic rings. The molecule has 0 unspecified atom stereocenters. The zero-order valence-electron chi connectivity index (χ0n) is 10.7. The maximum absolute atomic E-state index is 11.6. The van der Waals surface area contributed by atoms with Crippen molar-refractivity contribution in [2.45, 2.75) is 6.92 Å². The molecule has 0 atom stereocenters. The molecule has 0 N–H and O–H groups in total. The van der Waals surface area contributed by atoms with Crippen molar-refractivity contribution >= 4 is 17.6 Å². The minimum absolute atomic E-state index is 0.173. The first kappa shape index (κ1) is 16.1. The number of ether oxygens (including phenoxy) is 2. The molecule has 0 heterocycles. The van der Waals surface area contributed by atoms with Crippen LogP contribution in [0.3, 0.4) is 0 Å². The van der Waals surface area contributed by atoms with Crippen molar-refractivity contribution < 1.29 is 14.3 Å². The van der Waals surface area contributed by atoms with Crippen LogP contribution in [-0.4, -0.2) is 20.2 Å². The van der Waals surface area contributed by atoms with Crippen molar-refractivity contribution in [1.29, 1.82) is 0 Å². The fourth-order valence-corrected chi connectivity index (χ4v) is 1.21. The van der Waals surface area contributed by atoms with E-state index in [0.717, 1.165) is 0 Å². The average molecular weight is 267 g/mol. The summed E-state index contributed by atoms with van der Waals surface area (Å²) < 4.78 is 9.47. The van der Waals surface area contributed by atoms with Crippen LogP contribution in [0.2, 0.25) is 0 Å². The molecule has 0 rings (SSSR count). The van der Waals surface area contributed by atoms with E-state index in [-0.39, 0.29) is 10.6 Å². The number of esters is 1. The minimum Gasteiger partial charge on any atom is -0.503 e. The molecule has 0 aromatic carbocycles. The Kier molecular flexibility index (Phi) is 7.34. The summed E-state index contributed by atoms with van der Waals surface area (Å²) in [7, 11) is 2.69. The van der Waals surface area contributed by atoms with Crippen molar-refractivity contribution in [3.8, 4) is 11.8 Å². The van der Waals surface area contributed by atoms with E-state index in [0.29, 0.717) is 11.1 Å². The van der Waals surface area contributed by atoms with Crippen molar-refractivity contribution in [2.24, 2.45) is 0 Å². The van der Waals surface area contributed by atoms with Gasteiger partial charge in [-0.15, -0.1) is 5.92 Å². The molecule has 0 aromatic rings. The summed E-state index contributed by atoms with van der Waals surface area (Å²) in [5.41, 5.74) is 1.01. The highest BCUT2D eigenvalue weighted by molar-refractivity contribution is 6.31. The molecule has 0 saturated heterocycles. The van der Waals surface area contributed by atoms with Gasteiger partial charge in [-0.25, -0.2) is 4.79 Å². The Hall–Kier alpha value is -1.92. The molecule has 3 nitrogen and oxygen atoms in total. The second-order valence-corrected chi connectivity index (χ2v) is 3.60. The number of hydrogen-bond acceptors (Lipinski definition) is 3. The predicted molar refractivity (Wildman–Crippen MR) is 72.8 cm³/mol. The molecular formula is C14H15ClO3. The largest absolute Gasteiger partial charge is 0.503 e. The first-order valence-electron chi connectivity index (χ1n) is 4.97. The summed E-state index contributed by atoms with van der Waals surface area (Å²) in [6, 6.07) is 0. The molecule has 0 aliphatic carbocycles. The second-order valence-electron chi connectivity index (χ2n) is 3.12. The third kappa shape index (κ3) is 4.94. The fourth-order valence-electron chi connectivity index (χ4n) is 1.11. The molecule has 0 radical (unpaired) electrons. The molecule has 18 heavy (non-hydrogen) atoms. The topological polar surface area (TPSA) is 35.5 Å². The molecule has 0 saturated carbocycles. The van der Waals surface area contributed by atoms with E-state index in [1.165, 1.54) is 26.6 Å². The number of carbonyl (C=O) groups excluding carboxylic acids is 1. The number of allylic oxidation sites excluding steroid dienone is 3. The quantitative estimate of drug-likeness (QED) is 0.252. The predicted octanol–water partition coefficient (Wildman–Crippen LogP) is 2.95. The van der Waals surface area contributed by atoms with Gasteiger partial charge in [-0.2, -0.15) is 0 Å². The minimum atomic E-state index is -0.564. The van der Waals surface area contributed by atoms with Gasteiger partial charge in [0, 0.05) is 16.2 Å². The van der Waals surface area contributed by atoms with Gasteiger partial charge in [0.2, 0.25) is 0 Å². The highest BCUT2D eigenvalue weighted by atomic mass is 35.5. The SMILES string of the molecule is C=C(Cl)/C=C(/C#CC)C(=C)/C(=C\OC)C(=O)OC. The Labute approximate surface area is 112 Å². The van der Waals surface area contributed by atoms with Gasteiger partial charge in [0.05, 0.1) is 20.5 Å². The first-order valence-corrected chi connectivity index (χ1v) is 5.35.